The van der Waals surface area contributed by atoms with Crippen molar-refractivity contribution in [3.63, 3.8) is 0 Å². The van der Waals surface area contributed by atoms with Gasteiger partial charge in [0.05, 0.1) is 13.2 Å². The second kappa shape index (κ2) is 4.50. The van der Waals surface area contributed by atoms with Crippen LogP contribution >= 0.6 is 23.0 Å². The number of rotatable bonds is 3. The lowest BCUT2D eigenvalue weighted by Crippen LogP contribution is -2.19. The molecule has 0 aliphatic rings. The highest BCUT2D eigenvalue weighted by Gasteiger charge is 1.91. The number of hydrogen-bond donors (Lipinski definition) is 0. The molecule has 1 aromatic heterocycles. The van der Waals surface area contributed by atoms with Crippen LogP contribution < -0.4 is 5.56 Å². The molecule has 0 bridgehead atoms. The van der Waals surface area contributed by atoms with E-state index in [1.165, 1.54) is 6.07 Å². The van der Waals surface area contributed by atoms with Crippen LogP contribution in [0.2, 0.25) is 0 Å². The highest BCUT2D eigenvalue weighted by atomic mass is 127. The molecule has 1 heterocycles. The lowest BCUT2D eigenvalue weighted by molar-refractivity contribution is 0.389. The van der Waals surface area contributed by atoms with Gasteiger partial charge in [-0.2, -0.15) is 0 Å². The van der Waals surface area contributed by atoms with Crippen LogP contribution in [-0.2, 0) is 9.61 Å². The minimum absolute atomic E-state index is 0.0148. The zero-order chi connectivity index (χ0) is 8.10. The fourth-order valence-electron chi connectivity index (χ4n) is 0.778. The topological polar surface area (TPSA) is 31.2 Å². The van der Waals surface area contributed by atoms with E-state index in [1.54, 1.807) is 16.8 Å². The first-order chi connectivity index (χ1) is 5.34. The van der Waals surface area contributed by atoms with Gasteiger partial charge in [-0.25, -0.2) is 0 Å². The minimum atomic E-state index is 0.0148. The number of nitrogens with zero attached hydrogens (tertiary/aromatic N) is 1. The third-order valence-electron chi connectivity index (χ3n) is 1.31. The third-order valence-corrected chi connectivity index (χ3v) is 1.75. The van der Waals surface area contributed by atoms with Gasteiger partial charge in [-0.1, -0.05) is 6.07 Å². The Morgan fingerprint density at radius 3 is 3.00 bits per heavy atom. The van der Waals surface area contributed by atoms with Crippen molar-refractivity contribution in [3.8, 4) is 0 Å². The SMILES string of the molecule is O=c1ccccn1CCOI. The molecule has 0 atom stereocenters. The van der Waals surface area contributed by atoms with Crippen molar-refractivity contribution in [2.75, 3.05) is 6.61 Å². The maximum Gasteiger partial charge on any atom is 0.250 e. The average molecular weight is 265 g/mol. The first-order valence-corrected chi connectivity index (χ1v) is 4.11. The van der Waals surface area contributed by atoms with Crippen LogP contribution in [0, 0.1) is 0 Å². The lowest BCUT2D eigenvalue weighted by Gasteiger charge is -2.00. The van der Waals surface area contributed by atoms with Crippen molar-refractivity contribution in [3.05, 3.63) is 34.7 Å². The van der Waals surface area contributed by atoms with Gasteiger partial charge in [-0.05, 0) is 6.07 Å². The molecule has 0 saturated carbocycles. The van der Waals surface area contributed by atoms with Crippen LogP contribution in [0.5, 0.6) is 0 Å². The average Bonchev–Trinajstić information content (AvgIpc) is 2.03. The molecular formula is C7H8INO2. The molecule has 3 nitrogen and oxygen atoms in total. The molecule has 0 unspecified atom stereocenters. The molecule has 4 heteroatoms. The quantitative estimate of drug-likeness (QED) is 0.769. The van der Waals surface area contributed by atoms with Crippen LogP contribution in [0.4, 0.5) is 0 Å². The molecular weight excluding hydrogens is 257 g/mol. The summed E-state index contributed by atoms with van der Waals surface area (Å²) in [5.74, 6) is 0. The lowest BCUT2D eigenvalue weighted by atomic mass is 10.5. The van der Waals surface area contributed by atoms with E-state index in [4.69, 9.17) is 3.07 Å². The molecule has 0 radical (unpaired) electrons. The first kappa shape index (κ1) is 8.73. The van der Waals surface area contributed by atoms with E-state index >= 15 is 0 Å². The molecule has 11 heavy (non-hydrogen) atoms. The normalized spacial score (nSPS) is 9.91. The summed E-state index contributed by atoms with van der Waals surface area (Å²) >= 11 is 1.81. The molecule has 1 aromatic rings. The Morgan fingerprint density at radius 2 is 2.36 bits per heavy atom. The van der Waals surface area contributed by atoms with Crippen LogP contribution in [0.15, 0.2) is 29.2 Å². The smallest absolute Gasteiger partial charge is 0.250 e. The molecule has 0 amide bonds. The number of pyridine rings is 1. The molecule has 0 N–H and O–H groups in total. The van der Waals surface area contributed by atoms with Crippen molar-refractivity contribution >= 4 is 23.0 Å². The second-order valence-corrected chi connectivity index (χ2v) is 2.67. The fraction of sp³-hybridized carbons (Fsp3) is 0.286. The predicted molar refractivity (Wildman–Crippen MR) is 50.7 cm³/mol. The molecule has 0 aliphatic carbocycles. The Hall–Kier alpha value is -0.360. The van der Waals surface area contributed by atoms with Crippen molar-refractivity contribution in [2.24, 2.45) is 0 Å². The maximum absolute atomic E-state index is 11.0. The highest BCUT2D eigenvalue weighted by Crippen LogP contribution is 1.87. The van der Waals surface area contributed by atoms with Crippen LogP contribution in [0.25, 0.3) is 0 Å². The summed E-state index contributed by atoms with van der Waals surface area (Å²) in [6.45, 7) is 1.17. The van der Waals surface area contributed by atoms with Gasteiger partial charge in [0.2, 0.25) is 0 Å². The van der Waals surface area contributed by atoms with Gasteiger partial charge in [-0.15, -0.1) is 0 Å². The Kier molecular flexibility index (Phi) is 3.58. The molecule has 0 aromatic carbocycles. The zero-order valence-electron chi connectivity index (χ0n) is 5.87. The number of halogens is 1. The van der Waals surface area contributed by atoms with Crippen LogP contribution in [0.1, 0.15) is 0 Å². The standard InChI is InChI=1S/C7H8INO2/c8-11-6-5-9-4-2-1-3-7(9)10/h1-4H,5-6H2. The van der Waals surface area contributed by atoms with Gasteiger partial charge >= 0.3 is 0 Å². The highest BCUT2D eigenvalue weighted by molar-refractivity contribution is 14.1. The summed E-state index contributed by atoms with van der Waals surface area (Å²) in [6, 6.07) is 5.09. The number of aromatic nitrogens is 1. The molecule has 0 saturated heterocycles. The summed E-state index contributed by atoms with van der Waals surface area (Å²) in [6.07, 6.45) is 1.75. The Labute approximate surface area is 78.7 Å². The van der Waals surface area contributed by atoms with Gasteiger partial charge < -0.3 is 7.63 Å². The van der Waals surface area contributed by atoms with E-state index in [0.717, 1.165) is 0 Å². The van der Waals surface area contributed by atoms with Crippen molar-refractivity contribution in [1.82, 2.24) is 4.57 Å². The third kappa shape index (κ3) is 2.63. The molecule has 60 valence electrons. The largest absolute Gasteiger partial charge is 0.314 e. The summed E-state index contributed by atoms with van der Waals surface area (Å²) in [7, 11) is 0. The van der Waals surface area contributed by atoms with Gasteiger partial charge in [0, 0.05) is 12.3 Å². The Bertz CT molecular complexity index is 271. The van der Waals surface area contributed by atoms with Gasteiger partial charge in [-0.3, -0.25) is 4.79 Å². The van der Waals surface area contributed by atoms with Gasteiger partial charge in [0.15, 0.2) is 0 Å². The van der Waals surface area contributed by atoms with Crippen LogP contribution in [-0.4, -0.2) is 11.2 Å². The Morgan fingerprint density at radius 1 is 1.55 bits per heavy atom. The molecule has 0 spiro atoms. The van der Waals surface area contributed by atoms with E-state index in [2.05, 4.69) is 0 Å². The van der Waals surface area contributed by atoms with Crippen molar-refractivity contribution < 1.29 is 3.07 Å². The van der Waals surface area contributed by atoms with Gasteiger partial charge in [0.25, 0.3) is 5.56 Å². The Balaban J connectivity index is 2.70. The minimum Gasteiger partial charge on any atom is -0.314 e. The van der Waals surface area contributed by atoms with E-state index in [0.29, 0.717) is 13.2 Å². The summed E-state index contributed by atoms with van der Waals surface area (Å²) < 4.78 is 6.42. The monoisotopic (exact) mass is 265 g/mol. The number of hydrogen-bond acceptors (Lipinski definition) is 2. The fourth-order valence-corrected chi connectivity index (χ4v) is 0.975. The van der Waals surface area contributed by atoms with E-state index < -0.39 is 0 Å². The van der Waals surface area contributed by atoms with Crippen molar-refractivity contribution in [2.45, 2.75) is 6.54 Å². The summed E-state index contributed by atoms with van der Waals surface area (Å²) in [5.41, 5.74) is 0.0148. The molecule has 1 rings (SSSR count). The molecule has 0 aliphatic heterocycles. The second-order valence-electron chi connectivity index (χ2n) is 2.05. The zero-order valence-corrected chi connectivity index (χ0v) is 8.02. The van der Waals surface area contributed by atoms with E-state index in [9.17, 15) is 4.79 Å². The predicted octanol–water partition coefficient (Wildman–Crippen LogP) is 1.21. The first-order valence-electron chi connectivity index (χ1n) is 3.23. The maximum atomic E-state index is 11.0. The van der Waals surface area contributed by atoms with Crippen LogP contribution in [0.3, 0.4) is 0 Å². The summed E-state index contributed by atoms with van der Waals surface area (Å²) in [4.78, 5) is 11.0. The van der Waals surface area contributed by atoms with Crippen molar-refractivity contribution in [1.29, 1.82) is 0 Å². The van der Waals surface area contributed by atoms with E-state index in [1.807, 2.05) is 29.1 Å². The molecule has 0 fully saturated rings. The van der Waals surface area contributed by atoms with E-state index in [-0.39, 0.29) is 5.56 Å². The van der Waals surface area contributed by atoms with Gasteiger partial charge in [0.1, 0.15) is 23.0 Å². The summed E-state index contributed by atoms with van der Waals surface area (Å²) in [5, 5.41) is 0.